The molecule has 5 unspecified atom stereocenters. The lowest BCUT2D eigenvalue weighted by atomic mass is 10.1. The van der Waals surface area contributed by atoms with E-state index in [-0.39, 0.29) is 23.7 Å². The molecule has 5 atom stereocenters. The Morgan fingerprint density at radius 1 is 1.24 bits per heavy atom. The van der Waals surface area contributed by atoms with Crippen molar-refractivity contribution in [3.8, 4) is 0 Å². The van der Waals surface area contributed by atoms with E-state index in [2.05, 4.69) is 29.1 Å². The molecule has 1 amide bonds. The Balaban J connectivity index is 1.78. The van der Waals surface area contributed by atoms with Crippen molar-refractivity contribution < 1.29 is 52.0 Å². The normalized spacial score (nSPS) is 23.4. The number of imidazole rings is 1. The van der Waals surface area contributed by atoms with Crippen molar-refractivity contribution in [2.24, 2.45) is 5.73 Å². The van der Waals surface area contributed by atoms with Gasteiger partial charge in [0.2, 0.25) is 5.95 Å². The van der Waals surface area contributed by atoms with E-state index >= 15 is 0 Å². The first-order valence-electron chi connectivity index (χ1n) is 11.3. The van der Waals surface area contributed by atoms with Gasteiger partial charge in [-0.15, -0.1) is 0 Å². The van der Waals surface area contributed by atoms with Crippen LogP contribution in [0.2, 0.25) is 0 Å². The third kappa shape index (κ3) is 8.03. The van der Waals surface area contributed by atoms with Crippen LogP contribution < -0.4 is 22.3 Å². The van der Waals surface area contributed by atoms with E-state index in [1.54, 1.807) is 0 Å². The van der Waals surface area contributed by atoms with Crippen molar-refractivity contribution in [3.63, 3.8) is 0 Å². The molecule has 1 saturated heterocycles. The molecule has 19 nitrogen and oxygen atoms in total. The zero-order chi connectivity index (χ0) is 28.1. The predicted molar refractivity (Wildman–Crippen MR) is 127 cm³/mol. The number of hydrogen-bond donors (Lipinski definition) is 8. The predicted octanol–water partition coefficient (Wildman–Crippen LogP) is -1.20. The fourth-order valence-electron chi connectivity index (χ4n) is 3.64. The third-order valence-corrected chi connectivity index (χ3v) is 7.44. The maximum Gasteiger partial charge on any atom is 0.481 e. The topological polar surface area (TPSA) is 297 Å². The molecule has 0 radical (unpaired) electrons. The summed E-state index contributed by atoms with van der Waals surface area (Å²) >= 11 is 0. The lowest BCUT2D eigenvalue weighted by Crippen LogP contribution is -2.40. The SMILES string of the molecule is NCCCCCCNC(=O)OC1C(O)C(COP(=O)(O)OP(=O)(O)O)OC1n1cnc2c(=O)[nH]c(N)nc21. The van der Waals surface area contributed by atoms with E-state index in [1.807, 2.05) is 0 Å². The van der Waals surface area contributed by atoms with E-state index < -0.39 is 58.4 Å². The van der Waals surface area contributed by atoms with Gasteiger partial charge in [-0.05, 0) is 19.4 Å². The van der Waals surface area contributed by atoms with Gasteiger partial charge in [-0.2, -0.15) is 9.29 Å². The van der Waals surface area contributed by atoms with Crippen LogP contribution >= 0.6 is 15.6 Å². The number of ether oxygens (including phenoxy) is 2. The highest BCUT2D eigenvalue weighted by molar-refractivity contribution is 7.60. The van der Waals surface area contributed by atoms with Crippen molar-refractivity contribution >= 4 is 38.9 Å². The maximum atomic E-state index is 12.4. The smallest absolute Gasteiger partial charge is 0.439 e. The number of carbonyl (C=O) groups is 1. The largest absolute Gasteiger partial charge is 0.481 e. The lowest BCUT2D eigenvalue weighted by molar-refractivity contribution is -0.0522. The number of nitrogen functional groups attached to an aromatic ring is 1. The minimum Gasteiger partial charge on any atom is -0.439 e. The first-order chi connectivity index (χ1) is 17.8. The monoisotopic (exact) mass is 585 g/mol. The summed E-state index contributed by atoms with van der Waals surface area (Å²) in [6.45, 7) is -0.0935. The van der Waals surface area contributed by atoms with Gasteiger partial charge in [0.1, 0.15) is 12.2 Å². The molecule has 1 aliphatic rings. The fraction of sp³-hybridized carbons (Fsp3) is 0.647. The molecule has 2 aromatic rings. The first-order valence-corrected chi connectivity index (χ1v) is 14.3. The van der Waals surface area contributed by atoms with Crippen LogP contribution in [0.25, 0.3) is 11.2 Å². The molecule has 3 heterocycles. The van der Waals surface area contributed by atoms with Gasteiger partial charge in [0.25, 0.3) is 5.56 Å². The van der Waals surface area contributed by atoms with E-state index in [4.69, 9.17) is 30.7 Å². The molecule has 214 valence electrons. The van der Waals surface area contributed by atoms with Crippen LogP contribution in [0.15, 0.2) is 11.1 Å². The van der Waals surface area contributed by atoms with Crippen LogP contribution in [0, 0.1) is 0 Å². The number of aromatic nitrogens is 4. The Labute approximate surface area is 214 Å². The molecule has 1 aliphatic heterocycles. The first kappa shape index (κ1) is 30.1. The number of phosphoric acid groups is 2. The molecule has 0 bridgehead atoms. The second kappa shape index (κ2) is 12.6. The van der Waals surface area contributed by atoms with Crippen LogP contribution in [0.3, 0.4) is 0 Å². The van der Waals surface area contributed by atoms with Gasteiger partial charge in [-0.1, -0.05) is 12.8 Å². The van der Waals surface area contributed by atoms with Gasteiger partial charge < -0.3 is 46.0 Å². The number of alkyl carbamates (subject to hydrolysis) is 1. The van der Waals surface area contributed by atoms with Gasteiger partial charge in [-0.3, -0.25) is 18.9 Å². The average molecular weight is 585 g/mol. The number of fused-ring (bicyclic) bond motifs is 1. The number of nitrogens with two attached hydrogens (primary N) is 2. The molecule has 0 saturated carbocycles. The number of rotatable bonds is 13. The zero-order valence-electron chi connectivity index (χ0n) is 19.8. The Bertz CT molecular complexity index is 1270. The van der Waals surface area contributed by atoms with E-state index in [9.17, 15) is 28.7 Å². The minimum absolute atomic E-state index is 0.0865. The van der Waals surface area contributed by atoms with Crippen LogP contribution in [0.4, 0.5) is 10.7 Å². The van der Waals surface area contributed by atoms with Gasteiger partial charge in [-0.25, -0.2) is 18.9 Å². The summed E-state index contributed by atoms with van der Waals surface area (Å²) in [7, 11) is -10.7. The summed E-state index contributed by atoms with van der Waals surface area (Å²) in [4.78, 5) is 61.8. The highest BCUT2D eigenvalue weighted by Gasteiger charge is 2.49. The molecular formula is C17H29N7O12P2. The van der Waals surface area contributed by atoms with Gasteiger partial charge >= 0.3 is 21.7 Å². The van der Waals surface area contributed by atoms with E-state index in [0.29, 0.717) is 13.0 Å². The number of carbonyl (C=O) groups excluding carboxylic acids is 1. The molecular weight excluding hydrogens is 556 g/mol. The van der Waals surface area contributed by atoms with Crippen LogP contribution in [0.5, 0.6) is 0 Å². The number of phosphoric ester groups is 1. The number of amides is 1. The van der Waals surface area contributed by atoms with E-state index in [0.717, 1.165) is 30.2 Å². The summed E-state index contributed by atoms with van der Waals surface area (Å²) in [5.41, 5.74) is 10.1. The summed E-state index contributed by atoms with van der Waals surface area (Å²) in [6, 6.07) is 0. The number of H-pyrrole nitrogens is 1. The Morgan fingerprint density at radius 3 is 2.63 bits per heavy atom. The number of unbranched alkanes of at least 4 members (excludes halogenated alkanes) is 3. The Hall–Kier alpha value is -2.44. The molecule has 0 aliphatic carbocycles. The molecule has 0 spiro atoms. The zero-order valence-corrected chi connectivity index (χ0v) is 21.6. The van der Waals surface area contributed by atoms with Crippen molar-refractivity contribution in [2.75, 3.05) is 25.4 Å². The van der Waals surface area contributed by atoms with Gasteiger partial charge in [0, 0.05) is 6.54 Å². The van der Waals surface area contributed by atoms with Crippen LogP contribution in [0.1, 0.15) is 31.9 Å². The number of aliphatic hydroxyl groups excluding tert-OH is 1. The van der Waals surface area contributed by atoms with E-state index in [1.165, 1.54) is 0 Å². The number of nitrogens with one attached hydrogen (secondary N) is 2. The third-order valence-electron chi connectivity index (χ3n) is 5.29. The number of anilines is 1. The summed E-state index contributed by atoms with van der Waals surface area (Å²) in [5, 5.41) is 13.3. The number of hydrogen-bond acceptors (Lipinski definition) is 13. The van der Waals surface area contributed by atoms with Crippen molar-refractivity contribution in [2.45, 2.75) is 50.2 Å². The molecule has 10 N–H and O–H groups in total. The van der Waals surface area contributed by atoms with Crippen molar-refractivity contribution in [3.05, 3.63) is 16.7 Å². The van der Waals surface area contributed by atoms with Gasteiger partial charge in [0.15, 0.2) is 23.5 Å². The molecule has 38 heavy (non-hydrogen) atoms. The van der Waals surface area contributed by atoms with Crippen LogP contribution in [-0.4, -0.2) is 83.4 Å². The number of aliphatic hydroxyl groups is 1. The molecule has 21 heteroatoms. The molecule has 0 aromatic carbocycles. The van der Waals surface area contributed by atoms with Gasteiger partial charge in [0.05, 0.1) is 12.9 Å². The standard InChI is InChI=1S/C17H29N7O12P2/c18-5-3-1-2-4-6-20-17(27)35-12-11(25)9(7-33-38(31,32)36-37(28,29)30)34-15(12)24-8-21-10-13(24)22-16(19)23-14(10)26/h8-9,11-12,15,25H,1-7,18H2,(H,20,27)(H,31,32)(H2,28,29,30)(H3,19,22,23,26). The van der Waals surface area contributed by atoms with Crippen molar-refractivity contribution in [1.29, 1.82) is 0 Å². The highest BCUT2D eigenvalue weighted by Crippen LogP contribution is 2.57. The Kier molecular flexibility index (Phi) is 9.99. The second-order valence-electron chi connectivity index (χ2n) is 8.17. The second-order valence-corrected chi connectivity index (χ2v) is 11.0. The lowest BCUT2D eigenvalue weighted by Gasteiger charge is -2.22. The molecule has 1 fully saturated rings. The summed E-state index contributed by atoms with van der Waals surface area (Å²) in [5.74, 6) is -0.261. The Morgan fingerprint density at radius 2 is 1.95 bits per heavy atom. The maximum absolute atomic E-state index is 12.4. The minimum atomic E-state index is -5.39. The summed E-state index contributed by atoms with van der Waals surface area (Å²) < 4.78 is 43.2. The quantitative estimate of drug-likeness (QED) is 0.101. The number of aromatic amines is 1. The summed E-state index contributed by atoms with van der Waals surface area (Å²) in [6.07, 6.45) is -2.65. The average Bonchev–Trinajstić information content (AvgIpc) is 3.34. The molecule has 2 aromatic heterocycles. The highest BCUT2D eigenvalue weighted by atomic mass is 31.3. The van der Waals surface area contributed by atoms with Crippen molar-refractivity contribution in [1.82, 2.24) is 24.8 Å². The van der Waals surface area contributed by atoms with Crippen LogP contribution in [-0.2, 0) is 27.4 Å². The molecule has 3 rings (SSSR count). The number of nitrogens with zero attached hydrogens (tertiary/aromatic N) is 3. The fourth-order valence-corrected chi connectivity index (χ4v) is 5.24.